The average Bonchev–Trinajstić information content (AvgIpc) is 4.07. The molecule has 5 amide bonds. The Kier molecular flexibility index (Phi) is 13.9. The monoisotopic (exact) mass is 974 g/mol. The standard InChI is InChI=1S/C46H47ClN6O12S2/c1-49(2)15-16-62-29-11-12-34-26(18-29)19-36(64-34)41(55)52-23-27(22-47)38-32-10-6-5-9-31(32)35(21-33(38)52)65-46(60)51(4)14-13-50(3)45(59)63-24-28-25-67(61)43-39(42(56)53(43)40(28)44(57)58)48-37(54)20-30-8-7-17-66-30/h5-12,17-19,21,27,39,43H,13-16,20,22-25H2,1-4H3,(H,48,54)(H,57,58)/t27-,39-,43-,67?/m1/s1. The smallest absolute Gasteiger partial charge is 0.415 e. The SMILES string of the molecule is CN(C)CCOc1ccc2oc(C(=O)N3C[C@@H](CCl)c4c3cc(OC(=O)N(C)CCN(C)C(=O)OCC3=C(C(=O)O)N5C(=O)[C@@H](NC(=O)Cc6cccs6)[C@H]5S(=O)C3)c3ccccc43)cc2c1. The number of β-lactam (4-membered cyclic amide) rings is 1. The highest BCUT2D eigenvalue weighted by Gasteiger charge is 2.57. The maximum absolute atomic E-state index is 14.2. The van der Waals surface area contributed by atoms with E-state index in [0.29, 0.717) is 34.4 Å². The molecule has 67 heavy (non-hydrogen) atoms. The van der Waals surface area contributed by atoms with E-state index in [9.17, 15) is 38.1 Å². The second kappa shape index (κ2) is 19.8. The largest absolute Gasteiger partial charge is 0.492 e. The van der Waals surface area contributed by atoms with Crippen molar-refractivity contribution < 1.29 is 56.7 Å². The van der Waals surface area contributed by atoms with Gasteiger partial charge in [-0.15, -0.1) is 22.9 Å². The molecule has 1 unspecified atom stereocenters. The molecule has 3 aliphatic rings. The predicted molar refractivity (Wildman–Crippen MR) is 250 cm³/mol. The van der Waals surface area contributed by atoms with Gasteiger partial charge in [-0.2, -0.15) is 0 Å². The van der Waals surface area contributed by atoms with Crippen LogP contribution in [-0.2, 0) is 36.3 Å². The van der Waals surface area contributed by atoms with E-state index in [4.69, 9.17) is 30.2 Å². The zero-order valence-electron chi connectivity index (χ0n) is 36.9. The molecule has 1 saturated heterocycles. The Morgan fingerprint density at radius 2 is 1.70 bits per heavy atom. The summed E-state index contributed by atoms with van der Waals surface area (Å²) in [6, 6.07) is 18.4. The van der Waals surface area contributed by atoms with E-state index < -0.39 is 70.4 Å². The molecule has 5 heterocycles. The molecule has 21 heteroatoms. The minimum atomic E-state index is -1.82. The first-order valence-electron chi connectivity index (χ1n) is 21.2. The normalized spacial score (nSPS) is 18.7. The fourth-order valence-corrected chi connectivity index (χ4v) is 10.8. The fourth-order valence-electron chi connectivity index (χ4n) is 8.18. The number of benzene rings is 3. The highest BCUT2D eigenvalue weighted by molar-refractivity contribution is 7.86. The first-order valence-corrected chi connectivity index (χ1v) is 24.0. The number of thiophene rings is 1. The van der Waals surface area contributed by atoms with E-state index in [-0.39, 0.29) is 60.7 Å². The number of ether oxygens (including phenoxy) is 3. The lowest BCUT2D eigenvalue weighted by Gasteiger charge is -2.49. The Morgan fingerprint density at radius 3 is 2.40 bits per heavy atom. The number of anilines is 1. The molecule has 2 aromatic heterocycles. The first-order chi connectivity index (χ1) is 32.1. The molecule has 0 aliphatic carbocycles. The topological polar surface area (TPSA) is 209 Å². The average molecular weight is 975 g/mol. The molecule has 0 saturated carbocycles. The molecule has 0 bridgehead atoms. The quantitative estimate of drug-likeness (QED) is 0.0980. The molecule has 0 spiro atoms. The van der Waals surface area contributed by atoms with Gasteiger partial charge in [0.1, 0.15) is 47.4 Å². The minimum Gasteiger partial charge on any atom is -0.492 e. The van der Waals surface area contributed by atoms with Crippen molar-refractivity contribution in [1.82, 2.24) is 24.9 Å². The molecular formula is C46H47ClN6O12S2. The molecule has 3 aliphatic heterocycles. The number of carboxylic acid groups (broad SMARTS) is 1. The summed E-state index contributed by atoms with van der Waals surface area (Å²) in [5.41, 5.74) is 1.38. The van der Waals surface area contributed by atoms with Crippen LogP contribution in [0.25, 0.3) is 21.7 Å². The number of nitrogens with one attached hydrogen (secondary N) is 1. The number of aliphatic carboxylic acids is 1. The summed E-state index contributed by atoms with van der Waals surface area (Å²) in [7, 11) is 5.00. The maximum atomic E-state index is 14.2. The number of carbonyl (C=O) groups is 6. The number of halogens is 1. The van der Waals surface area contributed by atoms with Gasteiger partial charge >= 0.3 is 18.2 Å². The zero-order valence-corrected chi connectivity index (χ0v) is 39.3. The summed E-state index contributed by atoms with van der Waals surface area (Å²) in [6.45, 7) is 0.868. The Bertz CT molecular complexity index is 2830. The fraction of sp³-hybridized carbons (Fsp3) is 0.348. The van der Waals surface area contributed by atoms with Crippen LogP contribution in [0.4, 0.5) is 15.3 Å². The van der Waals surface area contributed by atoms with Crippen molar-refractivity contribution in [3.05, 3.63) is 99.6 Å². The number of carbonyl (C=O) groups excluding carboxylic acids is 5. The number of amides is 5. The van der Waals surface area contributed by atoms with Gasteiger partial charge in [0.05, 0.1) is 28.7 Å². The van der Waals surface area contributed by atoms with Crippen molar-refractivity contribution in [2.75, 3.05) is 84.1 Å². The van der Waals surface area contributed by atoms with Gasteiger partial charge in [-0.1, -0.05) is 30.3 Å². The summed E-state index contributed by atoms with van der Waals surface area (Å²) < 4.78 is 36.6. The van der Waals surface area contributed by atoms with Crippen molar-refractivity contribution >= 4 is 97.0 Å². The van der Waals surface area contributed by atoms with Crippen molar-refractivity contribution in [1.29, 1.82) is 0 Å². The van der Waals surface area contributed by atoms with Crippen LogP contribution in [0.15, 0.2) is 87.8 Å². The van der Waals surface area contributed by atoms with Gasteiger partial charge in [0.25, 0.3) is 11.8 Å². The molecule has 0 radical (unpaired) electrons. The number of rotatable bonds is 16. The van der Waals surface area contributed by atoms with Crippen LogP contribution in [-0.4, -0.2) is 155 Å². The highest BCUT2D eigenvalue weighted by Crippen LogP contribution is 2.46. The summed E-state index contributed by atoms with van der Waals surface area (Å²) in [6.07, 6.45) is -1.62. The van der Waals surface area contributed by atoms with Crippen LogP contribution in [0.5, 0.6) is 11.5 Å². The summed E-state index contributed by atoms with van der Waals surface area (Å²) in [5.74, 6) is -2.43. The van der Waals surface area contributed by atoms with E-state index in [1.807, 2.05) is 49.3 Å². The van der Waals surface area contributed by atoms with Crippen LogP contribution in [0, 0.1) is 0 Å². The van der Waals surface area contributed by atoms with Crippen molar-refractivity contribution in [3.8, 4) is 11.5 Å². The number of fused-ring (bicyclic) bond motifs is 5. The van der Waals surface area contributed by atoms with E-state index in [2.05, 4.69) is 5.32 Å². The Hall–Kier alpha value is -6.48. The van der Waals surface area contributed by atoms with Crippen LogP contribution in [0.3, 0.4) is 0 Å². The third kappa shape index (κ3) is 9.70. The lowest BCUT2D eigenvalue weighted by molar-refractivity contribution is -0.151. The Balaban J connectivity index is 0.902. The summed E-state index contributed by atoms with van der Waals surface area (Å²) >= 11 is 7.88. The second-order valence-corrected chi connectivity index (χ2v) is 19.4. The third-order valence-corrected chi connectivity index (χ3v) is 14.6. The molecule has 4 atom stereocenters. The van der Waals surface area contributed by atoms with Gasteiger partial charge in [0, 0.05) is 79.4 Å². The van der Waals surface area contributed by atoms with E-state index >= 15 is 0 Å². The Morgan fingerprint density at radius 1 is 0.955 bits per heavy atom. The third-order valence-electron chi connectivity index (χ3n) is 11.7. The molecule has 2 N–H and O–H groups in total. The number of likely N-dealkylation sites (N-methyl/N-ethyl adjacent to an activating group) is 3. The number of furan rings is 1. The number of nitrogens with zero attached hydrogens (tertiary/aromatic N) is 5. The van der Waals surface area contributed by atoms with Gasteiger partial charge in [-0.05, 0) is 60.8 Å². The van der Waals surface area contributed by atoms with E-state index in [1.54, 1.807) is 46.7 Å². The van der Waals surface area contributed by atoms with Crippen LogP contribution in [0.2, 0.25) is 0 Å². The molecule has 1 fully saturated rings. The maximum Gasteiger partial charge on any atom is 0.415 e. The molecule has 5 aromatic rings. The lowest BCUT2D eigenvalue weighted by Crippen LogP contribution is -2.73. The molecule has 3 aromatic carbocycles. The van der Waals surface area contributed by atoms with Crippen LogP contribution >= 0.6 is 22.9 Å². The molecular weight excluding hydrogens is 928 g/mol. The lowest BCUT2D eigenvalue weighted by atomic mass is 9.95. The van der Waals surface area contributed by atoms with Crippen LogP contribution < -0.4 is 19.7 Å². The van der Waals surface area contributed by atoms with Gasteiger partial charge in [0.15, 0.2) is 5.76 Å². The molecule has 18 nitrogen and oxygen atoms in total. The van der Waals surface area contributed by atoms with Crippen molar-refractivity contribution in [2.45, 2.75) is 23.8 Å². The van der Waals surface area contributed by atoms with Gasteiger partial charge in [-0.25, -0.2) is 14.4 Å². The number of alkyl halides is 1. The van der Waals surface area contributed by atoms with Crippen molar-refractivity contribution in [2.24, 2.45) is 0 Å². The van der Waals surface area contributed by atoms with E-state index in [1.165, 1.54) is 35.2 Å². The molecule has 8 rings (SSSR count). The highest BCUT2D eigenvalue weighted by atomic mass is 35.5. The van der Waals surface area contributed by atoms with Gasteiger partial charge < -0.3 is 48.7 Å². The van der Waals surface area contributed by atoms with Crippen molar-refractivity contribution in [3.63, 3.8) is 0 Å². The minimum absolute atomic E-state index is 0.0139. The van der Waals surface area contributed by atoms with Gasteiger partial charge in [0.2, 0.25) is 5.91 Å². The number of carboxylic acids is 1. The van der Waals surface area contributed by atoms with E-state index in [0.717, 1.165) is 27.3 Å². The van der Waals surface area contributed by atoms with Gasteiger partial charge in [-0.3, -0.25) is 23.5 Å². The zero-order chi connectivity index (χ0) is 47.7. The summed E-state index contributed by atoms with van der Waals surface area (Å²) in [5, 5.41) is 15.4. The number of hydrogen-bond donors (Lipinski definition) is 2. The predicted octanol–water partition coefficient (Wildman–Crippen LogP) is 5.07. The second-order valence-electron chi connectivity index (χ2n) is 16.5. The Labute approximate surface area is 396 Å². The molecule has 352 valence electrons. The van der Waals surface area contributed by atoms with Crippen LogP contribution in [0.1, 0.15) is 26.9 Å². The first kappa shape index (κ1) is 47.0. The summed E-state index contributed by atoms with van der Waals surface area (Å²) in [4.78, 5) is 86.7. The number of hydrogen-bond acceptors (Lipinski definition) is 13.